The van der Waals surface area contributed by atoms with Gasteiger partial charge in [-0.2, -0.15) is 0 Å². The Morgan fingerprint density at radius 3 is 2.62 bits per heavy atom. The van der Waals surface area contributed by atoms with E-state index in [1.165, 1.54) is 12.1 Å². The topological polar surface area (TPSA) is 34.4 Å². The van der Waals surface area contributed by atoms with Crippen molar-refractivity contribution in [3.8, 4) is 5.75 Å². The predicted molar refractivity (Wildman–Crippen MR) is 71.8 cm³/mol. The van der Waals surface area contributed by atoms with Crippen LogP contribution in [0.3, 0.4) is 0 Å². The molecule has 0 amide bonds. The lowest BCUT2D eigenvalue weighted by Crippen LogP contribution is -2.28. The van der Waals surface area contributed by atoms with Crippen LogP contribution in [0.1, 0.15) is 18.2 Å². The van der Waals surface area contributed by atoms with Gasteiger partial charge in [-0.3, -0.25) is 0 Å². The summed E-state index contributed by atoms with van der Waals surface area (Å²) >= 11 is 0. The molecule has 1 aromatic carbocycles. The molecule has 6 heteroatoms. The van der Waals surface area contributed by atoms with E-state index in [1.807, 2.05) is 13.0 Å². The number of halogens is 3. The molecule has 21 heavy (non-hydrogen) atoms. The standard InChI is InChI=1S/C15H16F3NO2/c1-11(9-13-6-4-8-20-13)19-10-12-5-2-3-7-14(12)21-15(16,17)18/h2-8,11,19H,9-10H2,1H3. The molecular weight excluding hydrogens is 283 g/mol. The maximum Gasteiger partial charge on any atom is 0.573 e. The number of nitrogens with one attached hydrogen (secondary N) is 1. The molecule has 0 bridgehead atoms. The third kappa shape index (κ3) is 5.15. The van der Waals surface area contributed by atoms with Crippen LogP contribution in [0.2, 0.25) is 0 Å². The van der Waals surface area contributed by atoms with Gasteiger partial charge >= 0.3 is 6.36 Å². The van der Waals surface area contributed by atoms with Crippen LogP contribution >= 0.6 is 0 Å². The molecular formula is C15H16F3NO2. The van der Waals surface area contributed by atoms with E-state index in [1.54, 1.807) is 24.5 Å². The molecule has 114 valence electrons. The zero-order valence-corrected chi connectivity index (χ0v) is 11.5. The first kappa shape index (κ1) is 15.4. The second-order valence-electron chi connectivity index (χ2n) is 4.72. The maximum atomic E-state index is 12.3. The van der Waals surface area contributed by atoms with Crippen LogP contribution in [0.5, 0.6) is 5.75 Å². The van der Waals surface area contributed by atoms with E-state index in [4.69, 9.17) is 4.42 Å². The molecule has 1 aromatic heterocycles. The lowest BCUT2D eigenvalue weighted by Gasteiger charge is -2.16. The molecule has 0 saturated carbocycles. The van der Waals surface area contributed by atoms with Crippen molar-refractivity contribution in [2.75, 3.05) is 0 Å². The SMILES string of the molecule is CC(Cc1ccco1)NCc1ccccc1OC(F)(F)F. The van der Waals surface area contributed by atoms with Gasteiger partial charge in [-0.25, -0.2) is 0 Å². The monoisotopic (exact) mass is 299 g/mol. The molecule has 2 rings (SSSR count). The van der Waals surface area contributed by atoms with Crippen LogP contribution in [0.25, 0.3) is 0 Å². The van der Waals surface area contributed by atoms with Gasteiger partial charge in [0.1, 0.15) is 11.5 Å². The Kier molecular flexibility index (Phi) is 4.90. The zero-order chi connectivity index (χ0) is 15.3. The summed E-state index contributed by atoms with van der Waals surface area (Å²) in [6, 6.07) is 9.83. The van der Waals surface area contributed by atoms with Crippen LogP contribution in [-0.2, 0) is 13.0 Å². The summed E-state index contributed by atoms with van der Waals surface area (Å²) in [5.74, 6) is 0.650. The van der Waals surface area contributed by atoms with E-state index in [2.05, 4.69) is 10.1 Å². The third-order valence-electron chi connectivity index (χ3n) is 2.93. The van der Waals surface area contributed by atoms with Gasteiger partial charge in [-0.05, 0) is 25.1 Å². The van der Waals surface area contributed by atoms with Gasteiger partial charge in [0.2, 0.25) is 0 Å². The van der Waals surface area contributed by atoms with Gasteiger partial charge in [0.05, 0.1) is 6.26 Å². The molecule has 1 heterocycles. The highest BCUT2D eigenvalue weighted by molar-refractivity contribution is 5.33. The number of hydrogen-bond acceptors (Lipinski definition) is 3. The Hall–Kier alpha value is -1.95. The highest BCUT2D eigenvalue weighted by Gasteiger charge is 2.31. The molecule has 0 spiro atoms. The minimum Gasteiger partial charge on any atom is -0.469 e. The highest BCUT2D eigenvalue weighted by atomic mass is 19.4. The molecule has 0 aliphatic rings. The van der Waals surface area contributed by atoms with E-state index in [0.29, 0.717) is 12.0 Å². The Morgan fingerprint density at radius 2 is 1.95 bits per heavy atom. The fourth-order valence-electron chi connectivity index (χ4n) is 1.96. The zero-order valence-electron chi connectivity index (χ0n) is 11.5. The summed E-state index contributed by atoms with van der Waals surface area (Å²) in [6.07, 6.45) is -2.43. The second-order valence-corrected chi connectivity index (χ2v) is 4.72. The molecule has 1 atom stereocenters. The molecule has 1 unspecified atom stereocenters. The first-order valence-corrected chi connectivity index (χ1v) is 6.53. The third-order valence-corrected chi connectivity index (χ3v) is 2.93. The largest absolute Gasteiger partial charge is 0.573 e. The molecule has 1 N–H and O–H groups in total. The summed E-state index contributed by atoms with van der Waals surface area (Å²) in [5, 5.41) is 3.16. The number of rotatable bonds is 6. The predicted octanol–water partition coefficient (Wildman–Crippen LogP) is 3.90. The van der Waals surface area contributed by atoms with Crippen molar-refractivity contribution in [1.29, 1.82) is 0 Å². The average Bonchev–Trinajstić information content (AvgIpc) is 2.89. The first-order valence-electron chi connectivity index (χ1n) is 6.53. The summed E-state index contributed by atoms with van der Waals surface area (Å²) in [4.78, 5) is 0. The number of ether oxygens (including phenoxy) is 1. The Bertz CT molecular complexity index is 552. The minimum absolute atomic E-state index is 0.0649. The summed E-state index contributed by atoms with van der Waals surface area (Å²) in [6.45, 7) is 2.23. The van der Waals surface area contributed by atoms with E-state index < -0.39 is 6.36 Å². The van der Waals surface area contributed by atoms with Gasteiger partial charge in [0, 0.05) is 24.6 Å². The van der Waals surface area contributed by atoms with Crippen LogP contribution in [0, 0.1) is 0 Å². The van der Waals surface area contributed by atoms with Crippen LogP contribution in [0.4, 0.5) is 13.2 Å². The van der Waals surface area contributed by atoms with Gasteiger partial charge in [-0.15, -0.1) is 13.2 Å². The van der Waals surface area contributed by atoms with Crippen molar-refractivity contribution >= 4 is 0 Å². The summed E-state index contributed by atoms with van der Waals surface area (Å²) < 4.78 is 46.2. The Labute approximate surface area is 120 Å². The summed E-state index contributed by atoms with van der Waals surface area (Å²) in [7, 11) is 0. The molecule has 0 fully saturated rings. The molecule has 0 aliphatic carbocycles. The number of alkyl halides is 3. The van der Waals surface area contributed by atoms with Crippen molar-refractivity contribution in [3.63, 3.8) is 0 Å². The molecule has 0 aliphatic heterocycles. The van der Waals surface area contributed by atoms with Crippen molar-refractivity contribution < 1.29 is 22.3 Å². The lowest BCUT2D eigenvalue weighted by atomic mass is 10.1. The van der Waals surface area contributed by atoms with Gasteiger partial charge in [0.25, 0.3) is 0 Å². The van der Waals surface area contributed by atoms with E-state index in [-0.39, 0.29) is 18.3 Å². The van der Waals surface area contributed by atoms with Crippen molar-refractivity contribution in [2.45, 2.75) is 32.3 Å². The molecule has 0 saturated heterocycles. The minimum atomic E-state index is -4.68. The Balaban J connectivity index is 1.93. The van der Waals surface area contributed by atoms with Gasteiger partial charge < -0.3 is 14.5 Å². The lowest BCUT2D eigenvalue weighted by molar-refractivity contribution is -0.274. The smallest absolute Gasteiger partial charge is 0.469 e. The van der Waals surface area contributed by atoms with E-state index in [9.17, 15) is 13.2 Å². The number of para-hydroxylation sites is 1. The fraction of sp³-hybridized carbons (Fsp3) is 0.333. The van der Waals surface area contributed by atoms with Crippen molar-refractivity contribution in [2.24, 2.45) is 0 Å². The fourth-order valence-corrected chi connectivity index (χ4v) is 1.96. The molecule has 3 nitrogen and oxygen atoms in total. The van der Waals surface area contributed by atoms with E-state index in [0.717, 1.165) is 5.76 Å². The molecule has 2 aromatic rings. The maximum absolute atomic E-state index is 12.3. The number of furan rings is 1. The van der Waals surface area contributed by atoms with Crippen molar-refractivity contribution in [1.82, 2.24) is 5.32 Å². The number of hydrogen-bond donors (Lipinski definition) is 1. The first-order chi connectivity index (χ1) is 9.94. The Morgan fingerprint density at radius 1 is 1.19 bits per heavy atom. The van der Waals surface area contributed by atoms with Gasteiger partial charge in [-0.1, -0.05) is 18.2 Å². The van der Waals surface area contributed by atoms with Crippen LogP contribution in [-0.4, -0.2) is 12.4 Å². The average molecular weight is 299 g/mol. The van der Waals surface area contributed by atoms with Crippen LogP contribution < -0.4 is 10.1 Å². The highest BCUT2D eigenvalue weighted by Crippen LogP contribution is 2.26. The number of benzene rings is 1. The summed E-state index contributed by atoms with van der Waals surface area (Å²) in [5.41, 5.74) is 0.459. The molecule has 0 radical (unpaired) electrons. The van der Waals surface area contributed by atoms with Gasteiger partial charge in [0.15, 0.2) is 0 Å². The van der Waals surface area contributed by atoms with Crippen molar-refractivity contribution in [3.05, 3.63) is 54.0 Å². The second kappa shape index (κ2) is 6.67. The van der Waals surface area contributed by atoms with Crippen LogP contribution in [0.15, 0.2) is 47.1 Å². The normalized spacial score (nSPS) is 13.1. The quantitative estimate of drug-likeness (QED) is 0.878. The van der Waals surface area contributed by atoms with E-state index >= 15 is 0 Å².